The monoisotopic (exact) mass is 291 g/mol. The van der Waals surface area contributed by atoms with E-state index in [0.29, 0.717) is 19.8 Å². The first-order valence-electron chi connectivity index (χ1n) is 7.83. The van der Waals surface area contributed by atoms with Crippen molar-refractivity contribution in [3.8, 4) is 0 Å². The van der Waals surface area contributed by atoms with Gasteiger partial charge in [-0.3, -0.25) is 9.69 Å². The van der Waals surface area contributed by atoms with Crippen LogP contribution < -0.4 is 0 Å². The number of ether oxygens (including phenoxy) is 2. The molecule has 0 radical (unpaired) electrons. The standard InChI is InChI=1S/C17H25NO3/c1-2-20-12-13-21-17(19)16-10-6-7-11-18(16)14-15-8-4-3-5-9-15/h3-5,8-9,16H,2,6-7,10-14H2,1H3. The van der Waals surface area contributed by atoms with Crippen LogP contribution in [0.3, 0.4) is 0 Å². The zero-order valence-electron chi connectivity index (χ0n) is 12.8. The highest BCUT2D eigenvalue weighted by atomic mass is 16.6. The first kappa shape index (κ1) is 16.0. The summed E-state index contributed by atoms with van der Waals surface area (Å²) in [7, 11) is 0. The molecule has 0 amide bonds. The number of hydrogen-bond acceptors (Lipinski definition) is 4. The second-order valence-electron chi connectivity index (χ2n) is 5.33. The Hall–Kier alpha value is -1.39. The van der Waals surface area contributed by atoms with Crippen molar-refractivity contribution < 1.29 is 14.3 Å². The molecule has 1 atom stereocenters. The van der Waals surface area contributed by atoms with E-state index in [0.717, 1.165) is 32.4 Å². The largest absolute Gasteiger partial charge is 0.462 e. The zero-order chi connectivity index (χ0) is 14.9. The number of likely N-dealkylation sites (tertiary alicyclic amines) is 1. The molecule has 0 aliphatic carbocycles. The van der Waals surface area contributed by atoms with Crippen molar-refractivity contribution in [3.05, 3.63) is 35.9 Å². The van der Waals surface area contributed by atoms with Gasteiger partial charge < -0.3 is 9.47 Å². The molecular weight excluding hydrogens is 266 g/mol. The number of rotatable bonds is 7. The van der Waals surface area contributed by atoms with E-state index in [4.69, 9.17) is 9.47 Å². The summed E-state index contributed by atoms with van der Waals surface area (Å²) in [6.45, 7) is 5.19. The highest BCUT2D eigenvalue weighted by Crippen LogP contribution is 2.20. The fourth-order valence-corrected chi connectivity index (χ4v) is 2.71. The predicted octanol–water partition coefficient (Wildman–Crippen LogP) is 2.62. The Morgan fingerprint density at radius 1 is 1.24 bits per heavy atom. The minimum Gasteiger partial charge on any atom is -0.462 e. The van der Waals surface area contributed by atoms with E-state index in [9.17, 15) is 4.79 Å². The summed E-state index contributed by atoms with van der Waals surface area (Å²) in [5.74, 6) is -0.106. The molecule has 0 saturated carbocycles. The van der Waals surface area contributed by atoms with Crippen molar-refractivity contribution in [1.29, 1.82) is 0 Å². The van der Waals surface area contributed by atoms with Crippen molar-refractivity contribution in [2.45, 2.75) is 38.8 Å². The van der Waals surface area contributed by atoms with E-state index < -0.39 is 0 Å². The Morgan fingerprint density at radius 3 is 2.81 bits per heavy atom. The average molecular weight is 291 g/mol. The summed E-state index contributed by atoms with van der Waals surface area (Å²) < 4.78 is 10.5. The van der Waals surface area contributed by atoms with Crippen LogP contribution in [0.25, 0.3) is 0 Å². The lowest BCUT2D eigenvalue weighted by Gasteiger charge is -2.34. The number of nitrogens with zero attached hydrogens (tertiary/aromatic N) is 1. The molecule has 2 rings (SSSR count). The smallest absolute Gasteiger partial charge is 0.323 e. The van der Waals surface area contributed by atoms with Crippen LogP contribution in [0, 0.1) is 0 Å². The second kappa shape index (κ2) is 8.80. The van der Waals surface area contributed by atoms with E-state index >= 15 is 0 Å². The van der Waals surface area contributed by atoms with E-state index in [1.54, 1.807) is 0 Å². The SMILES string of the molecule is CCOCCOC(=O)C1CCCCN1Cc1ccccc1. The van der Waals surface area contributed by atoms with Crippen molar-refractivity contribution >= 4 is 5.97 Å². The van der Waals surface area contributed by atoms with Crippen LogP contribution in [0.1, 0.15) is 31.7 Å². The fourth-order valence-electron chi connectivity index (χ4n) is 2.71. The average Bonchev–Trinajstić information content (AvgIpc) is 2.53. The van der Waals surface area contributed by atoms with Crippen LogP contribution in [0.4, 0.5) is 0 Å². The molecule has 0 N–H and O–H groups in total. The molecule has 21 heavy (non-hydrogen) atoms. The van der Waals surface area contributed by atoms with Gasteiger partial charge in [0.05, 0.1) is 6.61 Å². The highest BCUT2D eigenvalue weighted by molar-refractivity contribution is 5.75. The van der Waals surface area contributed by atoms with Crippen LogP contribution in [0.5, 0.6) is 0 Å². The summed E-state index contributed by atoms with van der Waals surface area (Å²) >= 11 is 0. The van der Waals surface area contributed by atoms with Crippen LogP contribution in [0.15, 0.2) is 30.3 Å². The molecule has 1 aromatic rings. The number of carbonyl (C=O) groups excluding carboxylic acids is 1. The number of esters is 1. The summed E-state index contributed by atoms with van der Waals surface area (Å²) in [6.07, 6.45) is 3.13. The maximum absolute atomic E-state index is 12.2. The second-order valence-corrected chi connectivity index (χ2v) is 5.33. The van der Waals surface area contributed by atoms with Crippen molar-refractivity contribution in [2.24, 2.45) is 0 Å². The predicted molar refractivity (Wildman–Crippen MR) is 81.9 cm³/mol. The number of piperidine rings is 1. The maximum Gasteiger partial charge on any atom is 0.323 e. The Balaban J connectivity index is 1.87. The first-order chi connectivity index (χ1) is 10.3. The van der Waals surface area contributed by atoms with Crippen molar-refractivity contribution in [1.82, 2.24) is 4.90 Å². The van der Waals surface area contributed by atoms with E-state index in [1.807, 2.05) is 25.1 Å². The normalized spacial score (nSPS) is 19.4. The summed E-state index contributed by atoms with van der Waals surface area (Å²) in [4.78, 5) is 14.5. The first-order valence-corrected chi connectivity index (χ1v) is 7.83. The van der Waals surface area contributed by atoms with Crippen LogP contribution in [-0.2, 0) is 20.8 Å². The molecule has 4 heteroatoms. The Bertz CT molecular complexity index is 421. The Morgan fingerprint density at radius 2 is 2.05 bits per heavy atom. The van der Waals surface area contributed by atoms with E-state index in [-0.39, 0.29) is 12.0 Å². The van der Waals surface area contributed by atoms with Gasteiger partial charge in [-0.2, -0.15) is 0 Å². The third kappa shape index (κ3) is 5.14. The zero-order valence-corrected chi connectivity index (χ0v) is 12.8. The summed E-state index contributed by atoms with van der Waals surface area (Å²) in [5, 5.41) is 0. The fraction of sp³-hybridized carbons (Fsp3) is 0.588. The molecule has 0 aromatic heterocycles. The van der Waals surface area contributed by atoms with E-state index in [2.05, 4.69) is 17.0 Å². The number of carbonyl (C=O) groups is 1. The number of benzene rings is 1. The molecule has 1 fully saturated rings. The molecule has 1 saturated heterocycles. The van der Waals surface area contributed by atoms with Crippen molar-refractivity contribution in [3.63, 3.8) is 0 Å². The lowest BCUT2D eigenvalue weighted by Crippen LogP contribution is -2.45. The molecular formula is C17H25NO3. The minimum absolute atomic E-state index is 0.106. The third-order valence-electron chi connectivity index (χ3n) is 3.79. The molecule has 1 aliphatic rings. The molecule has 1 heterocycles. The van der Waals surface area contributed by atoms with Gasteiger partial charge in [-0.15, -0.1) is 0 Å². The van der Waals surface area contributed by atoms with Crippen molar-refractivity contribution in [2.75, 3.05) is 26.4 Å². The highest BCUT2D eigenvalue weighted by Gasteiger charge is 2.29. The van der Waals surface area contributed by atoms with E-state index in [1.165, 1.54) is 5.56 Å². The Labute approximate surface area is 127 Å². The molecule has 0 bridgehead atoms. The molecule has 1 aliphatic heterocycles. The topological polar surface area (TPSA) is 38.8 Å². The Kier molecular flexibility index (Phi) is 6.70. The number of hydrogen-bond donors (Lipinski definition) is 0. The summed E-state index contributed by atoms with van der Waals surface area (Å²) in [5.41, 5.74) is 1.24. The molecule has 1 aromatic carbocycles. The van der Waals surface area contributed by atoms with Gasteiger partial charge in [0, 0.05) is 13.2 Å². The molecule has 0 spiro atoms. The van der Waals surface area contributed by atoms with Crippen LogP contribution >= 0.6 is 0 Å². The maximum atomic E-state index is 12.2. The minimum atomic E-state index is -0.111. The third-order valence-corrected chi connectivity index (χ3v) is 3.79. The van der Waals surface area contributed by atoms with Gasteiger partial charge >= 0.3 is 5.97 Å². The van der Waals surface area contributed by atoms with Gasteiger partial charge in [-0.25, -0.2) is 0 Å². The van der Waals surface area contributed by atoms with Gasteiger partial charge in [0.25, 0.3) is 0 Å². The lowest BCUT2D eigenvalue weighted by atomic mass is 10.0. The van der Waals surface area contributed by atoms with Crippen LogP contribution in [-0.4, -0.2) is 43.3 Å². The van der Waals surface area contributed by atoms with Crippen LogP contribution in [0.2, 0.25) is 0 Å². The molecule has 4 nitrogen and oxygen atoms in total. The molecule has 1 unspecified atom stereocenters. The van der Waals surface area contributed by atoms with Gasteiger partial charge in [0.15, 0.2) is 0 Å². The summed E-state index contributed by atoms with van der Waals surface area (Å²) in [6, 6.07) is 10.2. The van der Waals surface area contributed by atoms with Gasteiger partial charge in [-0.05, 0) is 31.9 Å². The van der Waals surface area contributed by atoms with Gasteiger partial charge in [0.1, 0.15) is 12.6 Å². The van der Waals surface area contributed by atoms with Gasteiger partial charge in [0.2, 0.25) is 0 Å². The quantitative estimate of drug-likeness (QED) is 0.572. The van der Waals surface area contributed by atoms with Gasteiger partial charge in [-0.1, -0.05) is 36.8 Å². The lowest BCUT2D eigenvalue weighted by molar-refractivity contribution is -0.153. The molecule has 116 valence electrons.